The van der Waals surface area contributed by atoms with Crippen LogP contribution < -0.4 is 0 Å². The van der Waals surface area contributed by atoms with Crippen LogP contribution in [0.1, 0.15) is 36.2 Å². The average Bonchev–Trinajstić information content (AvgIpc) is 2.14. The van der Waals surface area contributed by atoms with Crippen molar-refractivity contribution < 1.29 is 4.79 Å². The first-order valence-electron chi connectivity index (χ1n) is 4.86. The van der Waals surface area contributed by atoms with Crippen LogP contribution in [-0.2, 0) is 0 Å². The fourth-order valence-corrected chi connectivity index (χ4v) is 1.96. The number of hydrogen-bond donors (Lipinski definition) is 0. The highest BCUT2D eigenvalue weighted by Gasteiger charge is 2.13. The molecular weight excluding hydrogens is 240 g/mol. The summed E-state index contributed by atoms with van der Waals surface area (Å²) in [4.78, 5) is 11.9. The monoisotopic (exact) mass is 254 g/mol. The summed E-state index contributed by atoms with van der Waals surface area (Å²) in [7, 11) is 0. The molecule has 1 aromatic rings. The van der Waals surface area contributed by atoms with Crippen molar-refractivity contribution >= 4 is 21.7 Å². The lowest BCUT2D eigenvalue weighted by atomic mass is 9.96. The van der Waals surface area contributed by atoms with Crippen molar-refractivity contribution in [3.05, 3.63) is 33.8 Å². The topological polar surface area (TPSA) is 17.1 Å². The number of hydrogen-bond acceptors (Lipinski definition) is 1. The molecule has 1 rings (SSSR count). The minimum atomic E-state index is 0.115. The zero-order valence-electron chi connectivity index (χ0n) is 8.80. The van der Waals surface area contributed by atoms with E-state index in [1.807, 2.05) is 39.0 Å². The third-order valence-corrected chi connectivity index (χ3v) is 2.84. The molecule has 0 saturated carbocycles. The van der Waals surface area contributed by atoms with Crippen molar-refractivity contribution in [3.63, 3.8) is 0 Å². The molecule has 0 spiro atoms. The molecule has 76 valence electrons. The number of halogens is 1. The maximum Gasteiger partial charge on any atom is 0.165 e. The van der Waals surface area contributed by atoms with Crippen LogP contribution in [0.4, 0.5) is 0 Å². The van der Waals surface area contributed by atoms with Crippen LogP contribution >= 0.6 is 15.9 Å². The maximum atomic E-state index is 11.9. The molecule has 0 saturated heterocycles. The van der Waals surface area contributed by atoms with Gasteiger partial charge in [0.25, 0.3) is 0 Å². The molecule has 1 aromatic carbocycles. The SMILES string of the molecule is CCC(C)C(=O)c1cc(C)cc(Br)c1. The number of aryl methyl sites for hydroxylation is 1. The van der Waals surface area contributed by atoms with Gasteiger partial charge in [-0.15, -0.1) is 0 Å². The first kappa shape index (κ1) is 11.4. The Hall–Kier alpha value is -0.630. The highest BCUT2D eigenvalue weighted by atomic mass is 79.9. The number of ketones is 1. The molecule has 0 aromatic heterocycles. The summed E-state index contributed by atoms with van der Waals surface area (Å²) in [5, 5.41) is 0. The van der Waals surface area contributed by atoms with Gasteiger partial charge in [-0.05, 0) is 37.1 Å². The van der Waals surface area contributed by atoms with E-state index in [1.165, 1.54) is 0 Å². The van der Waals surface area contributed by atoms with Gasteiger partial charge in [-0.3, -0.25) is 4.79 Å². The van der Waals surface area contributed by atoms with Crippen molar-refractivity contribution in [2.24, 2.45) is 5.92 Å². The van der Waals surface area contributed by atoms with Crippen LogP contribution in [0.2, 0.25) is 0 Å². The third-order valence-electron chi connectivity index (χ3n) is 2.39. The lowest BCUT2D eigenvalue weighted by Crippen LogP contribution is -2.10. The third kappa shape index (κ3) is 2.68. The van der Waals surface area contributed by atoms with E-state index in [2.05, 4.69) is 15.9 Å². The summed E-state index contributed by atoms with van der Waals surface area (Å²) in [6.07, 6.45) is 0.893. The molecule has 0 bridgehead atoms. The van der Waals surface area contributed by atoms with Gasteiger partial charge in [-0.1, -0.05) is 29.8 Å². The Balaban J connectivity index is 3.01. The van der Waals surface area contributed by atoms with E-state index in [0.717, 1.165) is 22.0 Å². The second-order valence-corrected chi connectivity index (χ2v) is 4.61. The van der Waals surface area contributed by atoms with Gasteiger partial charge in [-0.25, -0.2) is 0 Å². The second kappa shape index (κ2) is 4.74. The molecular formula is C12H15BrO. The van der Waals surface area contributed by atoms with E-state index in [4.69, 9.17) is 0 Å². The number of benzene rings is 1. The Morgan fingerprint density at radius 2 is 2.07 bits per heavy atom. The minimum Gasteiger partial charge on any atom is -0.294 e. The van der Waals surface area contributed by atoms with E-state index in [-0.39, 0.29) is 11.7 Å². The molecule has 1 unspecified atom stereocenters. The molecule has 0 heterocycles. The summed E-state index contributed by atoms with van der Waals surface area (Å²) in [5.41, 5.74) is 1.93. The zero-order valence-corrected chi connectivity index (χ0v) is 10.4. The highest BCUT2D eigenvalue weighted by molar-refractivity contribution is 9.10. The Kier molecular flexibility index (Phi) is 3.87. The molecule has 0 fully saturated rings. The molecule has 1 atom stereocenters. The van der Waals surface area contributed by atoms with E-state index >= 15 is 0 Å². The first-order chi connectivity index (χ1) is 6.54. The molecule has 0 aliphatic rings. The van der Waals surface area contributed by atoms with Crippen molar-refractivity contribution in [2.45, 2.75) is 27.2 Å². The zero-order chi connectivity index (χ0) is 10.7. The lowest BCUT2D eigenvalue weighted by molar-refractivity contribution is 0.0927. The van der Waals surface area contributed by atoms with Crippen molar-refractivity contribution in [1.82, 2.24) is 0 Å². The molecule has 0 radical (unpaired) electrons. The Morgan fingerprint density at radius 3 is 2.57 bits per heavy atom. The van der Waals surface area contributed by atoms with Crippen molar-refractivity contribution in [2.75, 3.05) is 0 Å². The van der Waals surface area contributed by atoms with Gasteiger partial charge >= 0.3 is 0 Å². The summed E-state index contributed by atoms with van der Waals surface area (Å²) < 4.78 is 0.976. The van der Waals surface area contributed by atoms with E-state index in [0.29, 0.717) is 0 Å². The van der Waals surface area contributed by atoms with Crippen LogP contribution in [-0.4, -0.2) is 5.78 Å². The second-order valence-electron chi connectivity index (χ2n) is 3.69. The molecule has 2 heteroatoms. The van der Waals surface area contributed by atoms with Crippen LogP contribution in [0.15, 0.2) is 22.7 Å². The molecule has 0 amide bonds. The van der Waals surface area contributed by atoms with Gasteiger partial charge in [0.2, 0.25) is 0 Å². The predicted octanol–water partition coefficient (Wildman–Crippen LogP) is 3.99. The summed E-state index contributed by atoms with van der Waals surface area (Å²) in [5.74, 6) is 0.348. The van der Waals surface area contributed by atoms with Gasteiger partial charge in [0, 0.05) is 16.0 Å². The maximum absolute atomic E-state index is 11.9. The smallest absolute Gasteiger partial charge is 0.165 e. The molecule has 0 N–H and O–H groups in total. The first-order valence-corrected chi connectivity index (χ1v) is 5.65. The number of carbonyl (C=O) groups excluding carboxylic acids is 1. The van der Waals surface area contributed by atoms with Crippen LogP contribution in [0, 0.1) is 12.8 Å². The minimum absolute atomic E-state index is 0.115. The fraction of sp³-hybridized carbons (Fsp3) is 0.417. The molecule has 1 nitrogen and oxygen atoms in total. The van der Waals surface area contributed by atoms with Crippen LogP contribution in [0.3, 0.4) is 0 Å². The molecule has 14 heavy (non-hydrogen) atoms. The lowest BCUT2D eigenvalue weighted by Gasteiger charge is -2.08. The number of Topliss-reactive ketones (excluding diaryl/α,β-unsaturated/α-hetero) is 1. The van der Waals surface area contributed by atoms with Crippen molar-refractivity contribution in [1.29, 1.82) is 0 Å². The Bertz CT molecular complexity index is 324. The van der Waals surface area contributed by atoms with E-state index < -0.39 is 0 Å². The molecule has 0 aliphatic heterocycles. The van der Waals surface area contributed by atoms with E-state index in [1.54, 1.807) is 0 Å². The van der Waals surface area contributed by atoms with Crippen LogP contribution in [0.25, 0.3) is 0 Å². The summed E-state index contributed by atoms with van der Waals surface area (Å²) in [6.45, 7) is 6.00. The van der Waals surface area contributed by atoms with Gasteiger partial charge in [0.15, 0.2) is 5.78 Å². The normalized spacial score (nSPS) is 12.6. The Morgan fingerprint density at radius 1 is 1.43 bits per heavy atom. The van der Waals surface area contributed by atoms with Gasteiger partial charge in [-0.2, -0.15) is 0 Å². The number of carbonyl (C=O) groups is 1. The predicted molar refractivity (Wildman–Crippen MR) is 62.7 cm³/mol. The van der Waals surface area contributed by atoms with E-state index in [9.17, 15) is 4.79 Å². The number of rotatable bonds is 3. The summed E-state index contributed by atoms with van der Waals surface area (Å²) >= 11 is 3.40. The van der Waals surface area contributed by atoms with Gasteiger partial charge in [0.1, 0.15) is 0 Å². The largest absolute Gasteiger partial charge is 0.294 e. The average molecular weight is 255 g/mol. The quantitative estimate of drug-likeness (QED) is 0.746. The van der Waals surface area contributed by atoms with Gasteiger partial charge < -0.3 is 0 Å². The summed E-state index contributed by atoms with van der Waals surface area (Å²) in [6, 6.07) is 5.84. The Labute approximate surface area is 93.7 Å². The highest BCUT2D eigenvalue weighted by Crippen LogP contribution is 2.19. The standard InChI is InChI=1S/C12H15BrO/c1-4-9(3)12(14)10-5-8(2)6-11(13)7-10/h5-7,9H,4H2,1-3H3. The van der Waals surface area contributed by atoms with Gasteiger partial charge in [0.05, 0.1) is 0 Å². The van der Waals surface area contributed by atoms with Crippen molar-refractivity contribution in [3.8, 4) is 0 Å². The molecule has 0 aliphatic carbocycles. The fourth-order valence-electron chi connectivity index (χ4n) is 1.35. The van der Waals surface area contributed by atoms with Crippen LogP contribution in [0.5, 0.6) is 0 Å².